The molecule has 0 atom stereocenters. The summed E-state index contributed by atoms with van der Waals surface area (Å²) in [4.78, 5) is 11.9. The highest BCUT2D eigenvalue weighted by Gasteiger charge is 2.21. The van der Waals surface area contributed by atoms with Gasteiger partial charge in [-0.1, -0.05) is 83.5 Å². The van der Waals surface area contributed by atoms with Gasteiger partial charge in [0.1, 0.15) is 0 Å². The molecule has 0 aliphatic carbocycles. The van der Waals surface area contributed by atoms with Crippen molar-refractivity contribution < 1.29 is 27.1 Å². The van der Waals surface area contributed by atoms with Crippen LogP contribution in [0.15, 0.2) is 0 Å². The van der Waals surface area contributed by atoms with Crippen LogP contribution in [0.2, 0.25) is 0 Å². The summed E-state index contributed by atoms with van der Waals surface area (Å²) in [6.45, 7) is 4.04. The molecule has 0 fully saturated rings. The Kier molecular flexibility index (Phi) is 23.7. The lowest BCUT2D eigenvalue weighted by molar-refractivity contribution is -0.121. The van der Waals surface area contributed by atoms with Crippen LogP contribution in [-0.4, -0.2) is 42.7 Å². The number of rotatable bonds is 24. The van der Waals surface area contributed by atoms with Gasteiger partial charge in [0.15, 0.2) is 0 Å². The number of carbonyl (C=O) groups is 1. The highest BCUT2D eigenvalue weighted by Crippen LogP contribution is 2.19. The molecular formula is C25H54N2O6S. The number of nitrogens with one attached hydrogen (secondary N) is 1. The van der Waals surface area contributed by atoms with Crippen molar-refractivity contribution in [2.75, 3.05) is 13.2 Å². The van der Waals surface area contributed by atoms with Crippen LogP contribution in [0.4, 0.5) is 0 Å². The Morgan fingerprint density at radius 2 is 1.18 bits per heavy atom. The van der Waals surface area contributed by atoms with Crippen molar-refractivity contribution in [3.05, 3.63) is 0 Å². The zero-order valence-corrected chi connectivity index (χ0v) is 23.1. The third-order valence-corrected chi connectivity index (χ3v) is 6.57. The molecule has 0 aromatic rings. The topological polar surface area (TPSA) is 152 Å². The molecule has 0 heterocycles. The molecule has 0 aromatic heterocycles. The van der Waals surface area contributed by atoms with Gasteiger partial charge in [0.05, 0.1) is 5.60 Å². The molecule has 8 nitrogen and oxygen atoms in total. The lowest BCUT2D eigenvalue weighted by atomic mass is 10.0. The summed E-state index contributed by atoms with van der Waals surface area (Å²) in [6.07, 6.45) is 20.9. The van der Waals surface area contributed by atoms with E-state index >= 15 is 0 Å². The van der Waals surface area contributed by atoms with Gasteiger partial charge in [-0.3, -0.25) is 8.98 Å². The number of unbranched alkanes of at least 4 members (excludes halogenated alkanes) is 15. The van der Waals surface area contributed by atoms with E-state index in [0.717, 1.165) is 25.7 Å². The first-order chi connectivity index (χ1) is 15.7. The Hall–Kier alpha value is -0.740. The monoisotopic (exact) mass is 510 g/mol. The molecule has 0 aliphatic heterocycles. The fourth-order valence-electron chi connectivity index (χ4n) is 4.01. The van der Waals surface area contributed by atoms with Crippen LogP contribution in [-0.2, 0) is 19.4 Å². The van der Waals surface area contributed by atoms with Crippen LogP contribution in [0.25, 0.3) is 0 Å². The van der Waals surface area contributed by atoms with Crippen molar-refractivity contribution >= 4 is 16.3 Å². The molecule has 0 saturated carbocycles. The average molecular weight is 511 g/mol. The molecule has 34 heavy (non-hydrogen) atoms. The number of hydrogen-bond donors (Lipinski definition) is 3. The first-order valence-electron chi connectivity index (χ1n) is 13.2. The minimum Gasteiger partial charge on any atom is -0.726 e. The van der Waals surface area contributed by atoms with E-state index in [1.807, 2.05) is 0 Å². The fraction of sp³-hybridized carbons (Fsp3) is 0.960. The van der Waals surface area contributed by atoms with E-state index in [0.29, 0.717) is 32.4 Å². The van der Waals surface area contributed by atoms with Gasteiger partial charge in [-0.05, 0) is 46.0 Å². The van der Waals surface area contributed by atoms with E-state index in [4.69, 9.17) is 5.11 Å². The average Bonchev–Trinajstić information content (AvgIpc) is 2.71. The van der Waals surface area contributed by atoms with Gasteiger partial charge in [-0.2, -0.15) is 0 Å². The van der Waals surface area contributed by atoms with Crippen LogP contribution >= 0.6 is 0 Å². The first-order valence-corrected chi connectivity index (χ1v) is 14.5. The second-order valence-electron chi connectivity index (χ2n) is 9.84. The normalized spacial score (nSPS) is 11.9. The van der Waals surface area contributed by atoms with Gasteiger partial charge in [-0.15, -0.1) is 0 Å². The van der Waals surface area contributed by atoms with Crippen molar-refractivity contribution in [3.8, 4) is 0 Å². The molecule has 0 bridgehead atoms. The maximum atomic E-state index is 11.9. The maximum Gasteiger partial charge on any atom is 0.219 e. The van der Waals surface area contributed by atoms with Crippen molar-refractivity contribution in [2.45, 2.75) is 141 Å². The first kappa shape index (κ1) is 35.4. The number of aliphatic hydroxyl groups is 1. The van der Waals surface area contributed by atoms with E-state index in [1.165, 1.54) is 77.0 Å². The molecule has 0 aromatic carbocycles. The fourth-order valence-corrected chi connectivity index (χ4v) is 4.64. The van der Waals surface area contributed by atoms with Crippen LogP contribution < -0.4 is 11.5 Å². The predicted molar refractivity (Wildman–Crippen MR) is 139 cm³/mol. The Bertz CT molecular complexity index is 570. The van der Waals surface area contributed by atoms with Gasteiger partial charge < -0.3 is 21.1 Å². The smallest absolute Gasteiger partial charge is 0.219 e. The maximum absolute atomic E-state index is 11.9. The van der Waals surface area contributed by atoms with Gasteiger partial charge in [-0.25, -0.2) is 8.42 Å². The molecule has 0 unspecified atom stereocenters. The Balaban J connectivity index is 0. The summed E-state index contributed by atoms with van der Waals surface area (Å²) in [5.41, 5.74) is -1.01. The largest absolute Gasteiger partial charge is 0.726 e. The highest BCUT2D eigenvalue weighted by molar-refractivity contribution is 7.80. The second-order valence-corrected chi connectivity index (χ2v) is 10.8. The number of carbonyl (C=O) groups excluding carboxylic acids is 1. The van der Waals surface area contributed by atoms with E-state index in [9.17, 15) is 17.8 Å². The summed E-state index contributed by atoms with van der Waals surface area (Å²) in [5.74, 6) is 0.0704. The van der Waals surface area contributed by atoms with Crippen molar-refractivity contribution in [1.82, 2.24) is 11.5 Å². The lowest BCUT2D eigenvalue weighted by Gasteiger charge is -2.26. The van der Waals surface area contributed by atoms with Gasteiger partial charge in [0.2, 0.25) is 16.3 Å². The quantitative estimate of drug-likeness (QED) is 0.0805. The third-order valence-electron chi connectivity index (χ3n) is 5.92. The summed E-state index contributed by atoms with van der Waals surface area (Å²) >= 11 is 0. The minimum absolute atomic E-state index is 0. The van der Waals surface area contributed by atoms with Gasteiger partial charge in [0, 0.05) is 19.6 Å². The number of aliphatic hydroxyl groups excluding tert-OH is 1. The summed E-state index contributed by atoms with van der Waals surface area (Å²) in [7, 11) is -4.69. The minimum atomic E-state index is -4.69. The summed E-state index contributed by atoms with van der Waals surface area (Å²) < 4.78 is 36.5. The standard InChI is InChI=1S/C25H51NO6S.H3N/c1-25(2,32-33(29,30)31)21-17-18-22-26-24(28)20-16-14-12-10-8-6-4-3-5-7-9-11-13-15-19-23-27;/h27H,3-23H2,1-2H3,(H,26,28)(H,29,30,31);1H3. The number of quaternary nitrogens is 1. The van der Waals surface area contributed by atoms with Gasteiger partial charge in [0.25, 0.3) is 0 Å². The second kappa shape index (κ2) is 22.7. The lowest BCUT2D eigenvalue weighted by Crippen LogP contribution is -2.28. The Morgan fingerprint density at radius 3 is 1.59 bits per heavy atom. The van der Waals surface area contributed by atoms with Crippen LogP contribution in [0.1, 0.15) is 136 Å². The molecule has 206 valence electrons. The van der Waals surface area contributed by atoms with E-state index < -0.39 is 16.0 Å². The molecular weight excluding hydrogens is 456 g/mol. The molecule has 0 rings (SSSR count). The predicted octanol–water partition coefficient (Wildman–Crippen LogP) is 6.14. The van der Waals surface area contributed by atoms with Crippen molar-refractivity contribution in [2.24, 2.45) is 0 Å². The number of hydrogen-bond acceptors (Lipinski definition) is 6. The third kappa shape index (κ3) is 27.5. The van der Waals surface area contributed by atoms with Crippen LogP contribution in [0.5, 0.6) is 0 Å². The Labute approximate surface area is 209 Å². The summed E-state index contributed by atoms with van der Waals surface area (Å²) in [6, 6.07) is 0. The SMILES string of the molecule is CC(C)(CCCCNC(=O)CCCCCCCCCCCCCCCCCO)OS(=O)(=O)[O-].[NH4+]. The van der Waals surface area contributed by atoms with Crippen molar-refractivity contribution in [1.29, 1.82) is 0 Å². The molecule has 0 saturated heterocycles. The molecule has 1 amide bonds. The molecule has 0 radical (unpaired) electrons. The van der Waals surface area contributed by atoms with E-state index in [2.05, 4.69) is 9.50 Å². The zero-order chi connectivity index (χ0) is 24.8. The zero-order valence-electron chi connectivity index (χ0n) is 22.2. The van der Waals surface area contributed by atoms with Crippen molar-refractivity contribution in [3.63, 3.8) is 0 Å². The summed E-state index contributed by atoms with van der Waals surface area (Å²) in [5, 5.41) is 11.6. The highest BCUT2D eigenvalue weighted by atomic mass is 32.3. The van der Waals surface area contributed by atoms with Gasteiger partial charge >= 0.3 is 0 Å². The van der Waals surface area contributed by atoms with E-state index in [-0.39, 0.29) is 12.1 Å². The Morgan fingerprint density at radius 1 is 0.765 bits per heavy atom. The molecule has 0 aliphatic rings. The van der Waals surface area contributed by atoms with Crippen LogP contribution in [0, 0.1) is 0 Å². The molecule has 6 N–H and O–H groups in total. The number of amides is 1. The molecule has 9 heteroatoms. The molecule has 0 spiro atoms. The van der Waals surface area contributed by atoms with E-state index in [1.54, 1.807) is 13.8 Å². The van der Waals surface area contributed by atoms with Crippen LogP contribution in [0.3, 0.4) is 0 Å².